The zero-order valence-electron chi connectivity index (χ0n) is 18.5. The van der Waals surface area contributed by atoms with Gasteiger partial charge in [0.05, 0.1) is 10.5 Å². The summed E-state index contributed by atoms with van der Waals surface area (Å²) in [5.41, 5.74) is 2.15. The summed E-state index contributed by atoms with van der Waals surface area (Å²) in [5.74, 6) is -1.25. The second kappa shape index (κ2) is 10.3. The van der Waals surface area contributed by atoms with E-state index in [1.54, 1.807) is 6.07 Å². The summed E-state index contributed by atoms with van der Waals surface area (Å²) >= 11 is 0. The van der Waals surface area contributed by atoms with Gasteiger partial charge >= 0.3 is 5.97 Å². The van der Waals surface area contributed by atoms with Crippen molar-refractivity contribution >= 4 is 34.6 Å². The minimum Gasteiger partial charge on any atom is -0.452 e. The van der Waals surface area contributed by atoms with E-state index >= 15 is 0 Å². The van der Waals surface area contributed by atoms with Crippen LogP contribution in [0, 0.1) is 10.1 Å². The van der Waals surface area contributed by atoms with Crippen molar-refractivity contribution in [3.8, 4) is 0 Å². The molecule has 33 heavy (non-hydrogen) atoms. The van der Waals surface area contributed by atoms with Gasteiger partial charge < -0.3 is 19.9 Å². The highest BCUT2D eigenvalue weighted by atomic mass is 16.6. The van der Waals surface area contributed by atoms with E-state index in [0.717, 1.165) is 44.7 Å². The number of nitrogens with one attached hydrogen (secondary N) is 1. The summed E-state index contributed by atoms with van der Waals surface area (Å²) in [6.45, 7) is 3.11. The normalized spacial score (nSPS) is 15.9. The fourth-order valence-electron chi connectivity index (χ4n) is 4.34. The molecule has 0 aromatic heterocycles. The highest BCUT2D eigenvalue weighted by molar-refractivity contribution is 5.96. The number of hydrogen-bond acceptors (Lipinski definition) is 7. The van der Waals surface area contributed by atoms with Crippen LogP contribution in [-0.4, -0.2) is 49.6 Å². The fraction of sp³-hybridized carbons (Fsp3) is 0.417. The van der Waals surface area contributed by atoms with E-state index in [1.807, 2.05) is 29.2 Å². The van der Waals surface area contributed by atoms with Gasteiger partial charge in [0, 0.05) is 43.6 Å². The van der Waals surface area contributed by atoms with Crippen LogP contribution in [0.3, 0.4) is 0 Å². The molecule has 2 aliphatic heterocycles. The second-order valence-corrected chi connectivity index (χ2v) is 8.37. The molecule has 4 rings (SSSR count). The van der Waals surface area contributed by atoms with E-state index in [9.17, 15) is 19.7 Å². The average molecular weight is 453 g/mol. The summed E-state index contributed by atoms with van der Waals surface area (Å²) in [5, 5.41) is 14.2. The van der Waals surface area contributed by atoms with Gasteiger partial charge in [-0.15, -0.1) is 0 Å². The molecule has 0 spiro atoms. The number of nitrogens with zero attached hydrogens (tertiary/aromatic N) is 3. The molecule has 9 heteroatoms. The number of nitro groups is 1. The maximum atomic E-state index is 12.4. The van der Waals surface area contributed by atoms with Crippen molar-refractivity contribution in [1.29, 1.82) is 0 Å². The lowest BCUT2D eigenvalue weighted by molar-refractivity contribution is -0.384. The molecule has 0 radical (unpaired) electrons. The lowest BCUT2D eigenvalue weighted by Crippen LogP contribution is -2.29. The van der Waals surface area contributed by atoms with E-state index in [1.165, 1.54) is 31.4 Å². The molecule has 2 aliphatic rings. The number of anilines is 3. The van der Waals surface area contributed by atoms with Gasteiger partial charge in [0.1, 0.15) is 5.69 Å². The summed E-state index contributed by atoms with van der Waals surface area (Å²) in [7, 11) is 0. The third kappa shape index (κ3) is 5.60. The quantitative estimate of drug-likeness (QED) is 0.385. The van der Waals surface area contributed by atoms with Gasteiger partial charge in [-0.3, -0.25) is 14.9 Å². The average Bonchev–Trinajstić information content (AvgIpc) is 3.38. The largest absolute Gasteiger partial charge is 0.452 e. The van der Waals surface area contributed by atoms with Gasteiger partial charge in [-0.05, 0) is 68.5 Å². The molecule has 2 fully saturated rings. The zero-order valence-corrected chi connectivity index (χ0v) is 18.5. The monoisotopic (exact) mass is 452 g/mol. The van der Waals surface area contributed by atoms with Crippen molar-refractivity contribution in [2.45, 2.75) is 32.1 Å². The predicted octanol–water partition coefficient (Wildman–Crippen LogP) is 3.98. The standard InChI is InChI=1S/C24H28N4O5/c29-23(25-19-7-9-20(10-8-19)26-12-2-1-3-13-26)17-33-24(30)18-6-11-21(22(16-18)28(31)32)27-14-4-5-15-27/h6-11,16H,1-5,12-15,17H2,(H,25,29). The van der Waals surface area contributed by atoms with Crippen LogP contribution < -0.4 is 15.1 Å². The maximum absolute atomic E-state index is 12.4. The van der Waals surface area contributed by atoms with Crippen LogP contribution in [0.15, 0.2) is 42.5 Å². The predicted molar refractivity (Wildman–Crippen MR) is 126 cm³/mol. The molecule has 174 valence electrons. The van der Waals surface area contributed by atoms with Crippen LogP contribution in [0.5, 0.6) is 0 Å². The Balaban J connectivity index is 1.32. The molecular weight excluding hydrogens is 424 g/mol. The smallest absolute Gasteiger partial charge is 0.338 e. The first-order valence-electron chi connectivity index (χ1n) is 11.4. The number of benzene rings is 2. The van der Waals surface area contributed by atoms with E-state index in [4.69, 9.17) is 4.74 Å². The number of hydrogen-bond donors (Lipinski definition) is 1. The van der Waals surface area contributed by atoms with E-state index in [0.29, 0.717) is 11.4 Å². The Morgan fingerprint density at radius 3 is 2.21 bits per heavy atom. The number of nitro benzene ring substituents is 1. The molecule has 2 heterocycles. The lowest BCUT2D eigenvalue weighted by atomic mass is 10.1. The van der Waals surface area contributed by atoms with Gasteiger partial charge in [0.2, 0.25) is 0 Å². The third-order valence-corrected chi connectivity index (χ3v) is 6.06. The molecule has 9 nitrogen and oxygen atoms in total. The van der Waals surface area contributed by atoms with Crippen LogP contribution in [0.4, 0.5) is 22.7 Å². The Hall–Kier alpha value is -3.62. The van der Waals surface area contributed by atoms with Gasteiger partial charge in [0.25, 0.3) is 11.6 Å². The highest BCUT2D eigenvalue weighted by Crippen LogP contribution is 2.32. The minimum absolute atomic E-state index is 0.0448. The van der Waals surface area contributed by atoms with Gasteiger partial charge in [-0.1, -0.05) is 0 Å². The molecule has 0 unspecified atom stereocenters. The molecule has 1 amide bonds. The topological polar surface area (TPSA) is 105 Å². The zero-order chi connectivity index (χ0) is 23.2. The maximum Gasteiger partial charge on any atom is 0.338 e. The Bertz CT molecular complexity index is 1010. The van der Waals surface area contributed by atoms with E-state index in [-0.39, 0.29) is 11.3 Å². The second-order valence-electron chi connectivity index (χ2n) is 8.37. The van der Waals surface area contributed by atoms with Gasteiger partial charge in [-0.25, -0.2) is 4.79 Å². The molecule has 0 atom stereocenters. The molecule has 1 N–H and O–H groups in total. The molecule has 2 aromatic rings. The lowest BCUT2D eigenvalue weighted by Gasteiger charge is -2.28. The van der Waals surface area contributed by atoms with E-state index in [2.05, 4.69) is 10.2 Å². The van der Waals surface area contributed by atoms with Crippen molar-refractivity contribution in [2.75, 3.05) is 47.9 Å². The first-order valence-corrected chi connectivity index (χ1v) is 11.4. The van der Waals surface area contributed by atoms with Crippen molar-refractivity contribution in [2.24, 2.45) is 0 Å². The van der Waals surface area contributed by atoms with Gasteiger partial charge in [-0.2, -0.15) is 0 Å². The number of ether oxygens (including phenoxy) is 1. The Kier molecular flexibility index (Phi) is 7.07. The van der Waals surface area contributed by atoms with Crippen LogP contribution >= 0.6 is 0 Å². The Morgan fingerprint density at radius 2 is 1.55 bits per heavy atom. The molecule has 0 bridgehead atoms. The molecular formula is C24H28N4O5. The van der Waals surface area contributed by atoms with Crippen molar-refractivity contribution in [3.05, 3.63) is 58.1 Å². The number of esters is 1. The number of carbonyl (C=O) groups is 2. The van der Waals surface area contributed by atoms with Crippen molar-refractivity contribution in [1.82, 2.24) is 0 Å². The molecule has 0 aliphatic carbocycles. The number of amides is 1. The van der Waals surface area contributed by atoms with E-state index < -0.39 is 23.4 Å². The van der Waals surface area contributed by atoms with Gasteiger partial charge in [0.15, 0.2) is 6.61 Å². The van der Waals surface area contributed by atoms with Crippen LogP contribution in [0.2, 0.25) is 0 Å². The number of carbonyl (C=O) groups excluding carboxylic acids is 2. The number of piperidine rings is 1. The van der Waals surface area contributed by atoms with Crippen LogP contribution in [-0.2, 0) is 9.53 Å². The SMILES string of the molecule is O=C(COC(=O)c1ccc(N2CCCC2)c([N+](=O)[O-])c1)Nc1ccc(N2CCCCC2)cc1. The summed E-state index contributed by atoms with van der Waals surface area (Å²) in [6.07, 6.45) is 5.61. The summed E-state index contributed by atoms with van der Waals surface area (Å²) in [6, 6.07) is 11.9. The highest BCUT2D eigenvalue weighted by Gasteiger charge is 2.24. The van der Waals surface area contributed by atoms with Crippen LogP contribution in [0.1, 0.15) is 42.5 Å². The summed E-state index contributed by atoms with van der Waals surface area (Å²) in [4.78, 5) is 39.9. The first-order chi connectivity index (χ1) is 16.0. The molecule has 0 saturated carbocycles. The molecule has 2 aromatic carbocycles. The fourth-order valence-corrected chi connectivity index (χ4v) is 4.34. The summed E-state index contributed by atoms with van der Waals surface area (Å²) < 4.78 is 5.09. The Labute approximate surface area is 192 Å². The third-order valence-electron chi connectivity index (χ3n) is 6.06. The van der Waals surface area contributed by atoms with Crippen LogP contribution in [0.25, 0.3) is 0 Å². The Morgan fingerprint density at radius 1 is 0.909 bits per heavy atom. The minimum atomic E-state index is -0.776. The van der Waals surface area contributed by atoms with Crippen molar-refractivity contribution in [3.63, 3.8) is 0 Å². The van der Waals surface area contributed by atoms with Crippen molar-refractivity contribution < 1.29 is 19.2 Å². The number of rotatable bonds is 7. The first kappa shape index (κ1) is 22.6. The molecule has 2 saturated heterocycles.